The van der Waals surface area contributed by atoms with Crippen molar-refractivity contribution < 1.29 is 9.53 Å². The Labute approximate surface area is 148 Å². The predicted molar refractivity (Wildman–Crippen MR) is 96.6 cm³/mol. The Morgan fingerprint density at radius 2 is 2.16 bits per heavy atom. The molecule has 1 aromatic heterocycles. The number of ether oxygens (including phenoxy) is 1. The van der Waals surface area contributed by atoms with Gasteiger partial charge in [0.2, 0.25) is 0 Å². The van der Waals surface area contributed by atoms with Crippen LogP contribution in [0.15, 0.2) is 43.0 Å². The van der Waals surface area contributed by atoms with Gasteiger partial charge in [0.15, 0.2) is 0 Å². The second kappa shape index (κ2) is 8.05. The van der Waals surface area contributed by atoms with Gasteiger partial charge in [-0.05, 0) is 24.5 Å². The van der Waals surface area contributed by atoms with Crippen molar-refractivity contribution in [3.8, 4) is 5.75 Å². The fraction of sp³-hybridized carbons (Fsp3) is 0.474. The number of nitrogens with zero attached hydrogens (tertiary/aromatic N) is 3. The second-order valence-corrected chi connectivity index (χ2v) is 6.42. The first-order chi connectivity index (χ1) is 12.2. The smallest absolute Gasteiger partial charge is 0.317 e. The molecule has 1 aliphatic heterocycles. The molecule has 6 nitrogen and oxygen atoms in total. The first kappa shape index (κ1) is 17.3. The molecule has 134 valence electrons. The molecule has 3 rings (SSSR count). The van der Waals surface area contributed by atoms with E-state index in [4.69, 9.17) is 4.74 Å². The van der Waals surface area contributed by atoms with Gasteiger partial charge in [-0.2, -0.15) is 0 Å². The molecule has 1 aromatic carbocycles. The summed E-state index contributed by atoms with van der Waals surface area (Å²) in [5, 5.41) is 3.10. The molecular formula is C19H26N4O2. The van der Waals surface area contributed by atoms with Crippen molar-refractivity contribution in [2.75, 3.05) is 13.1 Å². The summed E-state index contributed by atoms with van der Waals surface area (Å²) >= 11 is 0. The van der Waals surface area contributed by atoms with E-state index in [9.17, 15) is 4.79 Å². The normalized spacial score (nSPS) is 15.5. The van der Waals surface area contributed by atoms with E-state index >= 15 is 0 Å². The number of carbonyl (C=O) groups is 1. The average Bonchev–Trinajstić information content (AvgIpc) is 3.10. The zero-order chi connectivity index (χ0) is 17.6. The van der Waals surface area contributed by atoms with Crippen LogP contribution in [-0.4, -0.2) is 45.7 Å². The maximum Gasteiger partial charge on any atom is 0.317 e. The molecule has 1 atom stereocenters. The van der Waals surface area contributed by atoms with Gasteiger partial charge >= 0.3 is 6.03 Å². The molecule has 1 aliphatic rings. The summed E-state index contributed by atoms with van der Waals surface area (Å²) in [5.74, 6) is 0.932. The highest BCUT2D eigenvalue weighted by atomic mass is 16.5. The van der Waals surface area contributed by atoms with E-state index in [1.165, 1.54) is 5.56 Å². The lowest BCUT2D eigenvalue weighted by Gasteiger charge is -2.39. The van der Waals surface area contributed by atoms with Crippen molar-refractivity contribution in [1.82, 2.24) is 19.8 Å². The van der Waals surface area contributed by atoms with E-state index in [2.05, 4.69) is 30.2 Å². The first-order valence-corrected chi connectivity index (χ1v) is 8.95. The van der Waals surface area contributed by atoms with E-state index in [-0.39, 0.29) is 18.2 Å². The Kier molecular flexibility index (Phi) is 5.58. The third-order valence-electron chi connectivity index (χ3n) is 4.59. The van der Waals surface area contributed by atoms with Crippen LogP contribution in [0, 0.1) is 0 Å². The standard InChI is InChI=1S/C19H26N4O2/c1-3-15-7-5-6-8-18(15)25-17-12-23(13-17)19(24)21-16(4-2)11-22-10-9-20-14-22/h5-10,14,16-17H,3-4,11-13H2,1-2H3,(H,21,24). The summed E-state index contributed by atoms with van der Waals surface area (Å²) in [5.41, 5.74) is 1.21. The monoisotopic (exact) mass is 342 g/mol. The number of benzene rings is 1. The predicted octanol–water partition coefficient (Wildman–Crippen LogP) is 2.70. The number of likely N-dealkylation sites (tertiary alicyclic amines) is 1. The molecule has 1 unspecified atom stereocenters. The van der Waals surface area contributed by atoms with Crippen LogP contribution in [0.2, 0.25) is 0 Å². The van der Waals surface area contributed by atoms with E-state index in [0.717, 1.165) is 25.1 Å². The van der Waals surface area contributed by atoms with Crippen LogP contribution in [-0.2, 0) is 13.0 Å². The zero-order valence-corrected chi connectivity index (χ0v) is 14.9. The third kappa shape index (κ3) is 4.32. The van der Waals surface area contributed by atoms with Crippen molar-refractivity contribution in [3.05, 3.63) is 48.5 Å². The molecular weight excluding hydrogens is 316 g/mol. The Hall–Kier alpha value is -2.50. The van der Waals surface area contributed by atoms with Gasteiger partial charge in [-0.15, -0.1) is 0 Å². The zero-order valence-electron chi connectivity index (χ0n) is 14.9. The van der Waals surface area contributed by atoms with Crippen LogP contribution in [0.25, 0.3) is 0 Å². The number of aromatic nitrogens is 2. The van der Waals surface area contributed by atoms with Crippen molar-refractivity contribution in [1.29, 1.82) is 0 Å². The van der Waals surface area contributed by atoms with Crippen molar-refractivity contribution in [3.63, 3.8) is 0 Å². The van der Waals surface area contributed by atoms with Crippen LogP contribution in [0.5, 0.6) is 5.75 Å². The van der Waals surface area contributed by atoms with E-state index < -0.39 is 0 Å². The number of urea groups is 1. The highest BCUT2D eigenvalue weighted by Gasteiger charge is 2.33. The molecule has 0 saturated carbocycles. The number of nitrogens with one attached hydrogen (secondary N) is 1. The number of carbonyl (C=O) groups excluding carboxylic acids is 1. The summed E-state index contributed by atoms with van der Waals surface area (Å²) in [4.78, 5) is 18.2. The van der Waals surface area contributed by atoms with E-state index in [1.54, 1.807) is 17.4 Å². The fourth-order valence-corrected chi connectivity index (χ4v) is 2.96. The topological polar surface area (TPSA) is 59.4 Å². The number of aryl methyl sites for hydroxylation is 1. The number of para-hydroxylation sites is 1. The Morgan fingerprint density at radius 3 is 2.84 bits per heavy atom. The maximum absolute atomic E-state index is 12.4. The summed E-state index contributed by atoms with van der Waals surface area (Å²) < 4.78 is 8.02. The number of hydrogen-bond acceptors (Lipinski definition) is 3. The molecule has 2 aromatic rings. The van der Waals surface area contributed by atoms with Gasteiger partial charge in [0, 0.05) is 25.0 Å². The molecule has 0 bridgehead atoms. The number of imidazole rings is 1. The van der Waals surface area contributed by atoms with Gasteiger partial charge in [-0.1, -0.05) is 32.0 Å². The minimum atomic E-state index is -0.0180. The van der Waals surface area contributed by atoms with E-state index in [1.807, 2.05) is 29.0 Å². The molecule has 0 spiro atoms. The molecule has 2 heterocycles. The summed E-state index contributed by atoms with van der Waals surface area (Å²) in [6.45, 7) is 6.19. The van der Waals surface area contributed by atoms with Gasteiger partial charge in [-0.25, -0.2) is 9.78 Å². The molecule has 0 aliphatic carbocycles. The first-order valence-electron chi connectivity index (χ1n) is 8.95. The third-order valence-corrected chi connectivity index (χ3v) is 4.59. The van der Waals surface area contributed by atoms with Crippen LogP contribution in [0.4, 0.5) is 4.79 Å². The quantitative estimate of drug-likeness (QED) is 0.842. The maximum atomic E-state index is 12.4. The highest BCUT2D eigenvalue weighted by Crippen LogP contribution is 2.23. The fourth-order valence-electron chi connectivity index (χ4n) is 2.96. The van der Waals surface area contributed by atoms with Crippen LogP contribution in [0.3, 0.4) is 0 Å². The summed E-state index contributed by atoms with van der Waals surface area (Å²) in [6.07, 6.45) is 7.33. The Balaban J connectivity index is 1.46. The van der Waals surface area contributed by atoms with E-state index in [0.29, 0.717) is 13.1 Å². The average molecular weight is 342 g/mol. The molecule has 1 N–H and O–H groups in total. The largest absolute Gasteiger partial charge is 0.486 e. The minimum absolute atomic E-state index is 0.0180. The van der Waals surface area contributed by atoms with Crippen LogP contribution >= 0.6 is 0 Å². The Morgan fingerprint density at radius 1 is 1.36 bits per heavy atom. The molecule has 2 amide bonds. The highest BCUT2D eigenvalue weighted by molar-refractivity contribution is 5.75. The SMILES string of the molecule is CCc1ccccc1OC1CN(C(=O)NC(CC)Cn2ccnc2)C1. The van der Waals surface area contributed by atoms with Crippen molar-refractivity contribution in [2.45, 2.75) is 45.4 Å². The summed E-state index contributed by atoms with van der Waals surface area (Å²) in [7, 11) is 0. The van der Waals surface area contributed by atoms with Crippen molar-refractivity contribution >= 4 is 6.03 Å². The van der Waals surface area contributed by atoms with Gasteiger partial charge in [0.05, 0.1) is 19.4 Å². The lowest BCUT2D eigenvalue weighted by Crippen LogP contribution is -2.60. The number of rotatable bonds is 7. The van der Waals surface area contributed by atoms with Crippen LogP contribution in [0.1, 0.15) is 25.8 Å². The van der Waals surface area contributed by atoms with Gasteiger partial charge in [0.25, 0.3) is 0 Å². The number of hydrogen-bond donors (Lipinski definition) is 1. The molecule has 1 fully saturated rings. The molecule has 1 saturated heterocycles. The molecule has 25 heavy (non-hydrogen) atoms. The van der Waals surface area contributed by atoms with Crippen molar-refractivity contribution in [2.24, 2.45) is 0 Å². The van der Waals surface area contributed by atoms with Crippen LogP contribution < -0.4 is 10.1 Å². The second-order valence-electron chi connectivity index (χ2n) is 6.42. The lowest BCUT2D eigenvalue weighted by molar-refractivity contribution is 0.0426. The van der Waals surface area contributed by atoms with Gasteiger partial charge < -0.3 is 19.5 Å². The van der Waals surface area contributed by atoms with Gasteiger partial charge in [-0.3, -0.25) is 0 Å². The minimum Gasteiger partial charge on any atom is -0.486 e. The molecule has 6 heteroatoms. The molecule has 0 radical (unpaired) electrons. The van der Waals surface area contributed by atoms with Gasteiger partial charge in [0.1, 0.15) is 11.9 Å². The Bertz CT molecular complexity index is 680. The summed E-state index contributed by atoms with van der Waals surface area (Å²) in [6, 6.07) is 8.18. The lowest BCUT2D eigenvalue weighted by atomic mass is 10.1. The number of amides is 2.